The second-order valence-electron chi connectivity index (χ2n) is 5.88. The van der Waals surface area contributed by atoms with Gasteiger partial charge in [-0.25, -0.2) is 0 Å². The molecule has 0 N–H and O–H groups in total. The summed E-state index contributed by atoms with van der Waals surface area (Å²) in [5.74, 6) is 0. The predicted molar refractivity (Wildman–Crippen MR) is 74.4 cm³/mol. The van der Waals surface area contributed by atoms with Crippen molar-refractivity contribution in [3.05, 3.63) is 0 Å². The molecule has 0 aromatic heterocycles. The lowest BCUT2D eigenvalue weighted by Gasteiger charge is -2.30. The minimum Gasteiger partial charge on any atom is -0.302 e. The SMILES string of the molecule is CCCN1CCCN(C2CCCCCC2)CC1. The summed E-state index contributed by atoms with van der Waals surface area (Å²) in [7, 11) is 0. The lowest BCUT2D eigenvalue weighted by atomic mass is 10.1. The van der Waals surface area contributed by atoms with Crippen molar-refractivity contribution in [2.24, 2.45) is 0 Å². The summed E-state index contributed by atoms with van der Waals surface area (Å²) in [5.41, 5.74) is 0. The third kappa shape index (κ3) is 4.26. The van der Waals surface area contributed by atoms with Gasteiger partial charge in [0.2, 0.25) is 0 Å². The zero-order valence-electron chi connectivity index (χ0n) is 11.7. The standard InChI is InChI=1S/C15H30N2/c1-2-10-16-11-7-12-17(14-13-16)15-8-5-3-4-6-9-15/h15H,2-14H2,1H3. The van der Waals surface area contributed by atoms with Gasteiger partial charge in [0.25, 0.3) is 0 Å². The number of rotatable bonds is 3. The third-order valence-electron chi connectivity index (χ3n) is 4.50. The first-order valence-corrected chi connectivity index (χ1v) is 7.86. The van der Waals surface area contributed by atoms with Crippen LogP contribution < -0.4 is 0 Å². The van der Waals surface area contributed by atoms with Gasteiger partial charge < -0.3 is 4.90 Å². The van der Waals surface area contributed by atoms with Gasteiger partial charge in [0.05, 0.1) is 0 Å². The number of hydrogen-bond acceptors (Lipinski definition) is 2. The normalized spacial score (nSPS) is 26.6. The molecule has 0 atom stereocenters. The second kappa shape index (κ2) is 7.38. The first-order chi connectivity index (χ1) is 8.40. The van der Waals surface area contributed by atoms with Gasteiger partial charge in [-0.1, -0.05) is 32.6 Å². The van der Waals surface area contributed by atoms with E-state index < -0.39 is 0 Å². The molecule has 0 bridgehead atoms. The molecule has 2 aliphatic rings. The van der Waals surface area contributed by atoms with Crippen molar-refractivity contribution in [1.82, 2.24) is 9.80 Å². The molecule has 0 amide bonds. The maximum absolute atomic E-state index is 2.81. The average Bonchev–Trinajstić information content (AvgIpc) is 2.71. The molecule has 2 rings (SSSR count). The van der Waals surface area contributed by atoms with Crippen LogP contribution in [0.1, 0.15) is 58.3 Å². The molecule has 0 unspecified atom stereocenters. The van der Waals surface area contributed by atoms with E-state index in [4.69, 9.17) is 0 Å². The minimum atomic E-state index is 0.916. The lowest BCUT2D eigenvalue weighted by Crippen LogP contribution is -2.38. The van der Waals surface area contributed by atoms with Crippen molar-refractivity contribution in [2.75, 3.05) is 32.7 Å². The molecule has 0 aromatic carbocycles. The van der Waals surface area contributed by atoms with Crippen molar-refractivity contribution < 1.29 is 0 Å². The van der Waals surface area contributed by atoms with E-state index in [1.807, 2.05) is 0 Å². The molecule has 2 heteroatoms. The van der Waals surface area contributed by atoms with Crippen LogP contribution in [0, 0.1) is 0 Å². The van der Waals surface area contributed by atoms with Crippen LogP contribution in [0.5, 0.6) is 0 Å². The monoisotopic (exact) mass is 238 g/mol. The minimum absolute atomic E-state index is 0.916. The van der Waals surface area contributed by atoms with Gasteiger partial charge in [-0.3, -0.25) is 4.90 Å². The second-order valence-corrected chi connectivity index (χ2v) is 5.88. The van der Waals surface area contributed by atoms with Gasteiger partial charge in [-0.2, -0.15) is 0 Å². The highest BCUT2D eigenvalue weighted by Crippen LogP contribution is 2.22. The first-order valence-electron chi connectivity index (χ1n) is 7.86. The summed E-state index contributed by atoms with van der Waals surface area (Å²) < 4.78 is 0. The molecule has 0 spiro atoms. The van der Waals surface area contributed by atoms with Crippen molar-refractivity contribution in [3.63, 3.8) is 0 Å². The Hall–Kier alpha value is -0.0800. The molecular formula is C15H30N2. The molecule has 1 heterocycles. The Morgan fingerprint density at radius 1 is 0.824 bits per heavy atom. The predicted octanol–water partition coefficient (Wildman–Crippen LogP) is 3.13. The fourth-order valence-corrected chi connectivity index (χ4v) is 3.52. The summed E-state index contributed by atoms with van der Waals surface area (Å²) in [4.78, 5) is 5.47. The highest BCUT2D eigenvalue weighted by Gasteiger charge is 2.22. The average molecular weight is 238 g/mol. The van der Waals surface area contributed by atoms with Crippen molar-refractivity contribution in [1.29, 1.82) is 0 Å². The highest BCUT2D eigenvalue weighted by molar-refractivity contribution is 4.78. The van der Waals surface area contributed by atoms with Crippen LogP contribution in [0.25, 0.3) is 0 Å². The van der Waals surface area contributed by atoms with Crippen LogP contribution >= 0.6 is 0 Å². The summed E-state index contributed by atoms with van der Waals surface area (Å²) in [6, 6.07) is 0.916. The molecule has 17 heavy (non-hydrogen) atoms. The topological polar surface area (TPSA) is 6.48 Å². The van der Waals surface area contributed by atoms with Crippen molar-refractivity contribution in [2.45, 2.75) is 64.3 Å². The Kier molecular flexibility index (Phi) is 5.79. The Bertz CT molecular complexity index is 197. The van der Waals surface area contributed by atoms with E-state index >= 15 is 0 Å². The summed E-state index contributed by atoms with van der Waals surface area (Å²) in [6.45, 7) is 8.92. The van der Waals surface area contributed by atoms with Crippen molar-refractivity contribution in [3.8, 4) is 0 Å². The van der Waals surface area contributed by atoms with Gasteiger partial charge in [-0.15, -0.1) is 0 Å². The summed E-state index contributed by atoms with van der Waals surface area (Å²) in [5, 5.41) is 0. The van der Waals surface area contributed by atoms with E-state index in [1.165, 1.54) is 84.1 Å². The molecular weight excluding hydrogens is 208 g/mol. The van der Waals surface area contributed by atoms with Crippen LogP contribution in [-0.2, 0) is 0 Å². The fourth-order valence-electron chi connectivity index (χ4n) is 3.52. The van der Waals surface area contributed by atoms with Gasteiger partial charge in [0.15, 0.2) is 0 Å². The van der Waals surface area contributed by atoms with Crippen LogP contribution in [0.2, 0.25) is 0 Å². The Labute approximate surface area is 107 Å². The van der Waals surface area contributed by atoms with Gasteiger partial charge in [0, 0.05) is 19.1 Å². The van der Waals surface area contributed by atoms with Crippen LogP contribution in [0.15, 0.2) is 0 Å². The third-order valence-corrected chi connectivity index (χ3v) is 4.50. The van der Waals surface area contributed by atoms with E-state index in [1.54, 1.807) is 0 Å². The molecule has 2 nitrogen and oxygen atoms in total. The van der Waals surface area contributed by atoms with E-state index in [0.29, 0.717) is 0 Å². The van der Waals surface area contributed by atoms with Gasteiger partial charge >= 0.3 is 0 Å². The smallest absolute Gasteiger partial charge is 0.0112 e. The van der Waals surface area contributed by atoms with Crippen molar-refractivity contribution >= 4 is 0 Å². The van der Waals surface area contributed by atoms with E-state index in [2.05, 4.69) is 16.7 Å². The van der Waals surface area contributed by atoms with Gasteiger partial charge in [0.1, 0.15) is 0 Å². The molecule has 0 aromatic rings. The highest BCUT2D eigenvalue weighted by atomic mass is 15.2. The van der Waals surface area contributed by atoms with Crippen LogP contribution in [-0.4, -0.2) is 48.6 Å². The maximum Gasteiger partial charge on any atom is 0.0112 e. The summed E-state index contributed by atoms with van der Waals surface area (Å²) in [6.07, 6.45) is 11.5. The molecule has 2 fully saturated rings. The molecule has 1 aliphatic carbocycles. The molecule has 1 saturated carbocycles. The Morgan fingerprint density at radius 2 is 1.59 bits per heavy atom. The molecule has 100 valence electrons. The quantitative estimate of drug-likeness (QED) is 0.697. The largest absolute Gasteiger partial charge is 0.302 e. The maximum atomic E-state index is 2.81. The number of hydrogen-bond donors (Lipinski definition) is 0. The number of nitrogens with zero attached hydrogens (tertiary/aromatic N) is 2. The Morgan fingerprint density at radius 3 is 2.29 bits per heavy atom. The molecule has 0 radical (unpaired) electrons. The van der Waals surface area contributed by atoms with E-state index in [9.17, 15) is 0 Å². The van der Waals surface area contributed by atoms with E-state index in [-0.39, 0.29) is 0 Å². The van der Waals surface area contributed by atoms with Crippen LogP contribution in [0.3, 0.4) is 0 Å². The van der Waals surface area contributed by atoms with Crippen LogP contribution in [0.4, 0.5) is 0 Å². The zero-order chi connectivity index (χ0) is 11.9. The fraction of sp³-hybridized carbons (Fsp3) is 1.00. The van der Waals surface area contributed by atoms with Gasteiger partial charge in [-0.05, 0) is 45.3 Å². The first kappa shape index (κ1) is 13.4. The molecule has 1 saturated heterocycles. The summed E-state index contributed by atoms with van der Waals surface area (Å²) >= 11 is 0. The Balaban J connectivity index is 1.80. The zero-order valence-corrected chi connectivity index (χ0v) is 11.7. The molecule has 1 aliphatic heterocycles. The van der Waals surface area contributed by atoms with E-state index in [0.717, 1.165) is 6.04 Å². The lowest BCUT2D eigenvalue weighted by molar-refractivity contribution is 0.181.